The van der Waals surface area contributed by atoms with Crippen molar-refractivity contribution in [3.63, 3.8) is 0 Å². The summed E-state index contributed by atoms with van der Waals surface area (Å²) in [6, 6.07) is 3.44. The van der Waals surface area contributed by atoms with Crippen LogP contribution in [0.15, 0.2) is 30.0 Å². The lowest BCUT2D eigenvalue weighted by Crippen LogP contribution is -2.50. The molecule has 5 heteroatoms. The lowest BCUT2D eigenvalue weighted by molar-refractivity contribution is -0.0457. The number of allylic oxidation sites excluding steroid dienone is 1. The van der Waals surface area contributed by atoms with Crippen LogP contribution >= 0.6 is 0 Å². The van der Waals surface area contributed by atoms with Crippen LogP contribution in [0.2, 0.25) is 0 Å². The van der Waals surface area contributed by atoms with Gasteiger partial charge in [0, 0.05) is 24.1 Å². The van der Waals surface area contributed by atoms with Crippen LogP contribution in [0.4, 0.5) is 0 Å². The molecular formula is C18H26N2O3. The predicted molar refractivity (Wildman–Crippen MR) is 89.5 cm³/mol. The molecule has 2 atom stereocenters. The van der Waals surface area contributed by atoms with Crippen LogP contribution in [0.3, 0.4) is 0 Å². The van der Waals surface area contributed by atoms with Crippen LogP contribution in [0, 0.1) is 0 Å². The molecular weight excluding hydrogens is 292 g/mol. The van der Waals surface area contributed by atoms with E-state index in [0.29, 0.717) is 25.4 Å². The van der Waals surface area contributed by atoms with Gasteiger partial charge in [-0.3, -0.25) is 9.78 Å². The summed E-state index contributed by atoms with van der Waals surface area (Å²) in [7, 11) is 0. The molecule has 0 saturated carbocycles. The number of aryl methyl sites for hydroxylation is 1. The second kappa shape index (κ2) is 8.79. The molecule has 1 aromatic heterocycles. The van der Waals surface area contributed by atoms with Gasteiger partial charge >= 0.3 is 0 Å². The molecule has 0 spiro atoms. The average Bonchev–Trinajstić information content (AvgIpc) is 2.56. The molecule has 23 heavy (non-hydrogen) atoms. The number of hydrogen-bond acceptors (Lipinski definition) is 4. The molecule has 1 aliphatic rings. The Morgan fingerprint density at radius 1 is 1.52 bits per heavy atom. The quantitative estimate of drug-likeness (QED) is 0.819. The fourth-order valence-corrected chi connectivity index (χ4v) is 2.46. The van der Waals surface area contributed by atoms with Gasteiger partial charge < -0.3 is 14.8 Å². The molecule has 2 heterocycles. The first kappa shape index (κ1) is 17.6. The number of carbonyl (C=O) groups excluding carboxylic acids is 1. The Hall–Kier alpha value is -1.72. The Bertz CT molecular complexity index is 553. The van der Waals surface area contributed by atoms with Gasteiger partial charge in [0.15, 0.2) is 0 Å². The van der Waals surface area contributed by atoms with E-state index < -0.39 is 0 Å². The summed E-state index contributed by atoms with van der Waals surface area (Å²) in [4.78, 5) is 16.7. The maximum absolute atomic E-state index is 12.4. The maximum Gasteiger partial charge on any atom is 0.251 e. The molecule has 1 N–H and O–H groups in total. The van der Waals surface area contributed by atoms with E-state index in [2.05, 4.69) is 10.3 Å². The third kappa shape index (κ3) is 5.44. The number of nitrogens with one attached hydrogen (secondary N) is 1. The topological polar surface area (TPSA) is 60.5 Å². The van der Waals surface area contributed by atoms with Crippen LogP contribution in [-0.2, 0) is 15.9 Å². The van der Waals surface area contributed by atoms with E-state index in [4.69, 9.17) is 9.47 Å². The molecule has 1 amide bonds. The van der Waals surface area contributed by atoms with E-state index in [1.165, 1.54) is 5.57 Å². The van der Waals surface area contributed by atoms with E-state index in [1.54, 1.807) is 12.3 Å². The summed E-state index contributed by atoms with van der Waals surface area (Å²) in [5.41, 5.74) is 2.76. The van der Waals surface area contributed by atoms with Crippen LogP contribution in [0.1, 0.15) is 43.2 Å². The van der Waals surface area contributed by atoms with Gasteiger partial charge in [0.25, 0.3) is 5.91 Å². The van der Waals surface area contributed by atoms with Crippen LogP contribution in [-0.4, -0.2) is 42.9 Å². The zero-order valence-electron chi connectivity index (χ0n) is 14.2. The minimum absolute atomic E-state index is 0.0178. The van der Waals surface area contributed by atoms with Crippen molar-refractivity contribution >= 4 is 5.91 Å². The van der Waals surface area contributed by atoms with E-state index in [1.807, 2.05) is 32.9 Å². The molecule has 0 radical (unpaired) electrons. The van der Waals surface area contributed by atoms with Crippen molar-refractivity contribution in [2.75, 3.05) is 19.8 Å². The van der Waals surface area contributed by atoms with Gasteiger partial charge in [-0.25, -0.2) is 0 Å². The number of carbonyl (C=O) groups is 1. The van der Waals surface area contributed by atoms with Gasteiger partial charge in [-0.1, -0.05) is 18.6 Å². The number of pyridine rings is 1. The molecule has 0 unspecified atom stereocenters. The van der Waals surface area contributed by atoms with Crippen LogP contribution < -0.4 is 5.32 Å². The fraction of sp³-hybridized carbons (Fsp3) is 0.556. The highest BCUT2D eigenvalue weighted by Crippen LogP contribution is 2.13. The number of ether oxygens (including phenoxy) is 2. The SMILES string of the molecule is CCc1cc(C(=O)N[C@@H]2COCC[C@@H]2OCC=C(C)C)ccn1. The first-order valence-electron chi connectivity index (χ1n) is 8.18. The maximum atomic E-state index is 12.4. The predicted octanol–water partition coefficient (Wildman–Crippen LogP) is 2.51. The van der Waals surface area contributed by atoms with Gasteiger partial charge in [0.1, 0.15) is 0 Å². The smallest absolute Gasteiger partial charge is 0.251 e. The highest BCUT2D eigenvalue weighted by atomic mass is 16.5. The Morgan fingerprint density at radius 2 is 2.35 bits per heavy atom. The Morgan fingerprint density at radius 3 is 3.09 bits per heavy atom. The summed E-state index contributed by atoms with van der Waals surface area (Å²) in [6.07, 6.45) is 5.30. The molecule has 5 nitrogen and oxygen atoms in total. The summed E-state index contributed by atoms with van der Waals surface area (Å²) in [6.45, 7) is 7.82. The van der Waals surface area contributed by atoms with E-state index in [-0.39, 0.29) is 18.1 Å². The second-order valence-corrected chi connectivity index (χ2v) is 5.99. The number of rotatable bonds is 6. The number of hydrogen-bond donors (Lipinski definition) is 1. The third-order valence-electron chi connectivity index (χ3n) is 3.85. The molecule has 126 valence electrons. The van der Waals surface area contributed by atoms with Gasteiger partial charge in [0.05, 0.1) is 25.4 Å². The Labute approximate surface area is 138 Å². The van der Waals surface area contributed by atoms with Crippen molar-refractivity contribution in [3.8, 4) is 0 Å². The summed E-state index contributed by atoms with van der Waals surface area (Å²) in [5.74, 6) is -0.103. The largest absolute Gasteiger partial charge is 0.379 e. The highest BCUT2D eigenvalue weighted by molar-refractivity contribution is 5.94. The number of nitrogens with zero attached hydrogens (tertiary/aromatic N) is 1. The highest BCUT2D eigenvalue weighted by Gasteiger charge is 2.28. The molecule has 1 fully saturated rings. The monoisotopic (exact) mass is 318 g/mol. The second-order valence-electron chi connectivity index (χ2n) is 5.99. The standard InChI is InChI=1S/C18H26N2O3/c1-4-15-11-14(5-8-19-15)18(21)20-16-12-22-9-7-17(16)23-10-6-13(2)3/h5-6,8,11,16-17H,4,7,9-10,12H2,1-3H3,(H,20,21)/t16-,17+/m1/s1. The molecule has 2 rings (SSSR count). The molecule has 0 aromatic carbocycles. The number of aromatic nitrogens is 1. The van der Waals surface area contributed by atoms with Crippen molar-refractivity contribution in [1.29, 1.82) is 0 Å². The summed E-state index contributed by atoms with van der Waals surface area (Å²) < 4.78 is 11.4. The molecule has 1 saturated heterocycles. The fourth-order valence-electron chi connectivity index (χ4n) is 2.46. The van der Waals surface area contributed by atoms with Crippen LogP contribution in [0.5, 0.6) is 0 Å². The summed E-state index contributed by atoms with van der Waals surface area (Å²) >= 11 is 0. The first-order valence-corrected chi connectivity index (χ1v) is 8.18. The van der Waals surface area contributed by atoms with E-state index in [9.17, 15) is 4.79 Å². The van der Waals surface area contributed by atoms with Gasteiger partial charge in [-0.05, 0) is 38.8 Å². The summed E-state index contributed by atoms with van der Waals surface area (Å²) in [5, 5.41) is 3.04. The van der Waals surface area contributed by atoms with E-state index >= 15 is 0 Å². The zero-order valence-corrected chi connectivity index (χ0v) is 14.2. The third-order valence-corrected chi connectivity index (χ3v) is 3.85. The zero-order chi connectivity index (χ0) is 16.7. The lowest BCUT2D eigenvalue weighted by atomic mass is 10.1. The average molecular weight is 318 g/mol. The minimum Gasteiger partial charge on any atom is -0.379 e. The van der Waals surface area contributed by atoms with Crippen molar-refractivity contribution in [2.24, 2.45) is 0 Å². The van der Waals surface area contributed by atoms with Crippen molar-refractivity contribution < 1.29 is 14.3 Å². The molecule has 0 bridgehead atoms. The lowest BCUT2D eigenvalue weighted by Gasteiger charge is -2.31. The van der Waals surface area contributed by atoms with Gasteiger partial charge in [-0.2, -0.15) is 0 Å². The molecule has 1 aromatic rings. The minimum atomic E-state index is -0.125. The van der Waals surface area contributed by atoms with Crippen LogP contribution in [0.25, 0.3) is 0 Å². The Balaban J connectivity index is 1.97. The Kier molecular flexibility index (Phi) is 6.74. The van der Waals surface area contributed by atoms with Gasteiger partial charge in [0.2, 0.25) is 0 Å². The van der Waals surface area contributed by atoms with E-state index in [0.717, 1.165) is 18.5 Å². The number of amides is 1. The first-order chi connectivity index (χ1) is 11.1. The van der Waals surface area contributed by atoms with Crippen molar-refractivity contribution in [2.45, 2.75) is 45.8 Å². The molecule has 0 aliphatic carbocycles. The molecule has 1 aliphatic heterocycles. The van der Waals surface area contributed by atoms with Crippen molar-refractivity contribution in [1.82, 2.24) is 10.3 Å². The van der Waals surface area contributed by atoms with Crippen molar-refractivity contribution in [3.05, 3.63) is 41.2 Å². The normalized spacial score (nSPS) is 20.8. The van der Waals surface area contributed by atoms with Gasteiger partial charge in [-0.15, -0.1) is 0 Å².